The molecule has 0 aliphatic carbocycles. The van der Waals surface area contributed by atoms with E-state index in [1.807, 2.05) is 0 Å². The summed E-state index contributed by atoms with van der Waals surface area (Å²) in [7, 11) is 0. The number of nitrogens with zero attached hydrogens (tertiary/aromatic N) is 2. The third-order valence-electron chi connectivity index (χ3n) is 3.40. The first-order valence-electron chi connectivity index (χ1n) is 6.20. The van der Waals surface area contributed by atoms with E-state index in [2.05, 4.69) is 0 Å². The summed E-state index contributed by atoms with van der Waals surface area (Å²) in [5.74, 6) is -4.41. The summed E-state index contributed by atoms with van der Waals surface area (Å²) < 4.78 is 0. The Morgan fingerprint density at radius 3 is 2.38 bits per heavy atom. The first-order chi connectivity index (χ1) is 9.79. The molecule has 114 valence electrons. The molecule has 3 N–H and O–H groups in total. The second-order valence-electron chi connectivity index (χ2n) is 4.95. The number of carboxylic acid groups (broad SMARTS) is 2. The lowest BCUT2D eigenvalue weighted by molar-refractivity contribution is -0.143. The molecule has 0 spiro atoms. The van der Waals surface area contributed by atoms with Crippen molar-refractivity contribution < 1.29 is 34.5 Å². The molecule has 0 bridgehead atoms. The number of hydrogen-bond donors (Lipinski definition) is 3. The van der Waals surface area contributed by atoms with Crippen LogP contribution in [0.3, 0.4) is 0 Å². The van der Waals surface area contributed by atoms with Gasteiger partial charge in [-0.3, -0.25) is 19.2 Å². The molecule has 0 aromatic heterocycles. The number of hydrogen-bond acceptors (Lipinski definition) is 5. The van der Waals surface area contributed by atoms with Crippen LogP contribution in [0, 0.1) is 5.92 Å². The molecule has 1 fully saturated rings. The molecule has 0 saturated carbocycles. The number of amides is 2. The van der Waals surface area contributed by atoms with Gasteiger partial charge >= 0.3 is 11.9 Å². The molecular weight excluding hydrogens is 284 g/mol. The lowest BCUT2D eigenvalue weighted by Crippen LogP contribution is -2.32. The van der Waals surface area contributed by atoms with Gasteiger partial charge in [0.15, 0.2) is 0 Å². The van der Waals surface area contributed by atoms with Crippen LogP contribution < -0.4 is 0 Å². The average molecular weight is 298 g/mol. The van der Waals surface area contributed by atoms with Crippen LogP contribution in [-0.2, 0) is 19.2 Å². The van der Waals surface area contributed by atoms with E-state index >= 15 is 0 Å². The molecule has 0 aromatic carbocycles. The highest BCUT2D eigenvalue weighted by atomic mass is 16.4. The van der Waals surface area contributed by atoms with Gasteiger partial charge < -0.3 is 25.1 Å². The molecule has 21 heavy (non-hydrogen) atoms. The van der Waals surface area contributed by atoms with Crippen LogP contribution in [0.4, 0.5) is 0 Å². The smallest absolute Gasteiger partial charge is 0.323 e. The fourth-order valence-electron chi connectivity index (χ4n) is 2.56. The highest BCUT2D eigenvalue weighted by Gasteiger charge is 2.44. The van der Waals surface area contributed by atoms with E-state index < -0.39 is 48.9 Å². The average Bonchev–Trinajstić information content (AvgIpc) is 2.80. The van der Waals surface area contributed by atoms with Crippen molar-refractivity contribution in [3.05, 3.63) is 11.8 Å². The molecule has 2 amide bonds. The number of likely N-dealkylation sites (tertiary alicyclic amines) is 1. The van der Waals surface area contributed by atoms with Crippen molar-refractivity contribution in [2.75, 3.05) is 19.6 Å². The third kappa shape index (κ3) is 3.02. The second kappa shape index (κ2) is 5.52. The third-order valence-corrected chi connectivity index (χ3v) is 3.40. The summed E-state index contributed by atoms with van der Waals surface area (Å²) in [4.78, 5) is 47.0. The topological polar surface area (TPSA) is 135 Å². The summed E-state index contributed by atoms with van der Waals surface area (Å²) in [6.45, 7) is -1.16. The fourth-order valence-corrected chi connectivity index (χ4v) is 2.56. The van der Waals surface area contributed by atoms with Crippen molar-refractivity contribution in [3.8, 4) is 0 Å². The molecule has 0 radical (unpaired) electrons. The number of carboxylic acids is 2. The summed E-state index contributed by atoms with van der Waals surface area (Å²) >= 11 is 0. The van der Waals surface area contributed by atoms with E-state index in [0.717, 1.165) is 9.80 Å². The van der Waals surface area contributed by atoms with Gasteiger partial charge in [0.1, 0.15) is 13.1 Å². The van der Waals surface area contributed by atoms with Gasteiger partial charge in [0, 0.05) is 12.7 Å². The Balaban J connectivity index is 2.14. The number of carbonyl (C=O) groups excluding carboxylic acids is 2. The zero-order valence-electron chi connectivity index (χ0n) is 10.9. The van der Waals surface area contributed by atoms with Crippen molar-refractivity contribution in [3.63, 3.8) is 0 Å². The zero-order chi connectivity index (χ0) is 15.7. The molecule has 2 heterocycles. The van der Waals surface area contributed by atoms with Crippen molar-refractivity contribution in [1.29, 1.82) is 0 Å². The van der Waals surface area contributed by atoms with Crippen molar-refractivity contribution in [1.82, 2.24) is 9.80 Å². The van der Waals surface area contributed by atoms with Gasteiger partial charge in [0.05, 0.1) is 18.4 Å². The van der Waals surface area contributed by atoms with Crippen molar-refractivity contribution in [2.45, 2.75) is 12.5 Å². The Morgan fingerprint density at radius 2 is 1.81 bits per heavy atom. The molecule has 0 aromatic rings. The summed E-state index contributed by atoms with van der Waals surface area (Å²) in [5, 5.41) is 27.3. The molecule has 2 aliphatic rings. The predicted molar refractivity (Wildman–Crippen MR) is 65.8 cm³/mol. The van der Waals surface area contributed by atoms with Gasteiger partial charge in [-0.1, -0.05) is 0 Å². The Bertz CT molecular complexity index is 542. The number of aliphatic carboxylic acids is 2. The van der Waals surface area contributed by atoms with Crippen LogP contribution in [0.15, 0.2) is 11.8 Å². The molecule has 2 atom stereocenters. The SMILES string of the molecule is O=C(O)CN1C=C(C2C(=O)N(CC(=O)O)CC2O)CC1=O. The Morgan fingerprint density at radius 1 is 1.19 bits per heavy atom. The summed E-state index contributed by atoms with van der Waals surface area (Å²) in [6, 6.07) is 0. The second-order valence-corrected chi connectivity index (χ2v) is 4.95. The highest BCUT2D eigenvalue weighted by molar-refractivity contribution is 5.92. The lowest BCUT2D eigenvalue weighted by Gasteiger charge is -2.13. The van der Waals surface area contributed by atoms with Crippen LogP contribution in [0.5, 0.6) is 0 Å². The Hall–Kier alpha value is -2.42. The number of aliphatic hydroxyl groups excluding tert-OH is 1. The quantitative estimate of drug-likeness (QED) is 0.539. The largest absolute Gasteiger partial charge is 0.480 e. The van der Waals surface area contributed by atoms with Crippen molar-refractivity contribution in [2.24, 2.45) is 5.92 Å². The van der Waals surface area contributed by atoms with Crippen LogP contribution in [0.25, 0.3) is 0 Å². The minimum Gasteiger partial charge on any atom is -0.480 e. The van der Waals surface area contributed by atoms with Gasteiger partial charge in [0.2, 0.25) is 11.8 Å². The fraction of sp³-hybridized carbons (Fsp3) is 0.500. The van der Waals surface area contributed by atoms with Crippen LogP contribution in [-0.4, -0.2) is 74.6 Å². The normalized spacial score (nSPS) is 25.5. The number of rotatable bonds is 5. The number of β-amino-alcohol motifs (C(OH)–C–C–N with tert-alkyl or cyclic N) is 1. The Labute approximate surface area is 119 Å². The summed E-state index contributed by atoms with van der Waals surface area (Å²) in [5.41, 5.74) is 0.312. The van der Waals surface area contributed by atoms with E-state index in [1.54, 1.807) is 0 Å². The zero-order valence-corrected chi connectivity index (χ0v) is 10.9. The highest BCUT2D eigenvalue weighted by Crippen LogP contribution is 2.31. The summed E-state index contributed by atoms with van der Waals surface area (Å²) in [6.07, 6.45) is -0.00516. The molecule has 9 nitrogen and oxygen atoms in total. The van der Waals surface area contributed by atoms with Gasteiger partial charge in [0.25, 0.3) is 0 Å². The van der Waals surface area contributed by atoms with Gasteiger partial charge in [-0.05, 0) is 5.57 Å². The van der Waals surface area contributed by atoms with Gasteiger partial charge in [-0.15, -0.1) is 0 Å². The molecule has 2 unspecified atom stereocenters. The van der Waals surface area contributed by atoms with E-state index in [0.29, 0.717) is 5.57 Å². The minimum absolute atomic E-state index is 0.125. The Kier molecular flexibility index (Phi) is 3.94. The number of carbonyl (C=O) groups is 4. The van der Waals surface area contributed by atoms with E-state index in [9.17, 15) is 24.3 Å². The van der Waals surface area contributed by atoms with Crippen LogP contribution in [0.1, 0.15) is 6.42 Å². The van der Waals surface area contributed by atoms with E-state index in [4.69, 9.17) is 10.2 Å². The van der Waals surface area contributed by atoms with Gasteiger partial charge in [-0.2, -0.15) is 0 Å². The first-order valence-corrected chi connectivity index (χ1v) is 6.20. The predicted octanol–water partition coefficient (Wildman–Crippen LogP) is -1.91. The standard InChI is InChI=1S/C12H14N2O7/c15-7-3-14(5-10(19)20)12(21)11(7)6-1-8(16)13(2-6)4-9(17)18/h2,7,11,15H,1,3-5H2,(H,17,18)(H,19,20). The van der Waals surface area contributed by atoms with E-state index in [1.165, 1.54) is 6.20 Å². The van der Waals surface area contributed by atoms with Gasteiger partial charge in [-0.25, -0.2) is 0 Å². The van der Waals surface area contributed by atoms with E-state index in [-0.39, 0.29) is 13.0 Å². The molecular formula is C12H14N2O7. The first kappa shape index (κ1) is 15.0. The molecule has 9 heteroatoms. The van der Waals surface area contributed by atoms with Crippen molar-refractivity contribution >= 4 is 23.8 Å². The van der Waals surface area contributed by atoms with Crippen LogP contribution >= 0.6 is 0 Å². The molecule has 2 rings (SSSR count). The number of aliphatic hydroxyl groups is 1. The van der Waals surface area contributed by atoms with Crippen LogP contribution in [0.2, 0.25) is 0 Å². The maximum Gasteiger partial charge on any atom is 0.323 e. The lowest BCUT2D eigenvalue weighted by atomic mass is 9.95. The maximum atomic E-state index is 12.1. The monoisotopic (exact) mass is 298 g/mol. The molecule has 2 aliphatic heterocycles. The molecule has 1 saturated heterocycles. The minimum atomic E-state index is -1.19. The maximum absolute atomic E-state index is 12.1.